The van der Waals surface area contributed by atoms with Crippen molar-refractivity contribution in [2.45, 2.75) is 59.4 Å². The Morgan fingerprint density at radius 1 is 0.530 bits per heavy atom. The van der Waals surface area contributed by atoms with Crippen LogP contribution >= 0.6 is 23.5 Å². The van der Waals surface area contributed by atoms with E-state index < -0.39 is 0 Å². The number of likely N-dealkylation sites (tertiary alicyclic amines) is 2. The van der Waals surface area contributed by atoms with Crippen molar-refractivity contribution in [2.24, 2.45) is 5.92 Å². The molecular formula is C54H62N2O8S2. The second-order valence-electron chi connectivity index (χ2n) is 16.7. The van der Waals surface area contributed by atoms with Gasteiger partial charge in [0.2, 0.25) is 0 Å². The first kappa shape index (κ1) is 48.3. The van der Waals surface area contributed by atoms with E-state index in [1.807, 2.05) is 84.9 Å². The van der Waals surface area contributed by atoms with E-state index in [0.717, 1.165) is 76.1 Å². The number of phenolic OH excluding ortho intramolecular Hbond substituents is 4. The zero-order chi connectivity index (χ0) is 46.1. The fourth-order valence-corrected chi connectivity index (χ4v) is 10.3. The second kappa shape index (κ2) is 24.7. The molecule has 10 nitrogen and oxygen atoms in total. The average molecular weight is 931 g/mol. The molecule has 4 aliphatic rings. The minimum Gasteiger partial charge on any atom is -0.508 e. The Hall–Kier alpha value is -5.66. The van der Waals surface area contributed by atoms with Crippen LogP contribution in [0.3, 0.4) is 0 Å². The Bertz CT molecular complexity index is 2370. The van der Waals surface area contributed by atoms with Crippen LogP contribution in [0.15, 0.2) is 155 Å². The number of rotatable bonds is 10. The van der Waals surface area contributed by atoms with Crippen molar-refractivity contribution >= 4 is 23.5 Å². The normalized spacial score (nSPS) is 19.7. The van der Waals surface area contributed by atoms with E-state index in [-0.39, 0.29) is 33.5 Å². The van der Waals surface area contributed by atoms with Crippen LogP contribution in [0.2, 0.25) is 0 Å². The number of benzene rings is 6. The molecule has 2 saturated heterocycles. The van der Waals surface area contributed by atoms with Gasteiger partial charge in [0.25, 0.3) is 0 Å². The van der Waals surface area contributed by atoms with Gasteiger partial charge in [0, 0.05) is 19.1 Å². The van der Waals surface area contributed by atoms with Gasteiger partial charge in [-0.1, -0.05) is 67.6 Å². The molecule has 0 radical (unpaired) electrons. The number of ether oxygens (including phenoxy) is 4. The lowest BCUT2D eigenvalue weighted by molar-refractivity contribution is 0.194. The first-order valence-corrected chi connectivity index (χ1v) is 24.6. The summed E-state index contributed by atoms with van der Waals surface area (Å²) in [6.45, 7) is 13.2. The molecule has 6 aromatic carbocycles. The van der Waals surface area contributed by atoms with E-state index >= 15 is 0 Å². The Balaban J connectivity index is 0.000000132. The van der Waals surface area contributed by atoms with Crippen molar-refractivity contribution in [1.82, 2.24) is 9.80 Å². The van der Waals surface area contributed by atoms with Crippen LogP contribution in [0.25, 0.3) is 0 Å². The molecular weight excluding hydrogens is 869 g/mol. The molecule has 4 aliphatic heterocycles. The first-order chi connectivity index (χ1) is 32.2. The third-order valence-corrected chi connectivity index (χ3v) is 14.5. The van der Waals surface area contributed by atoms with Crippen molar-refractivity contribution in [3.05, 3.63) is 157 Å². The van der Waals surface area contributed by atoms with E-state index in [2.05, 4.69) is 23.6 Å². The van der Waals surface area contributed by atoms with Gasteiger partial charge in [-0.15, -0.1) is 23.5 Å². The summed E-state index contributed by atoms with van der Waals surface area (Å²) in [5, 5.41) is 38.0. The second-order valence-corrected chi connectivity index (χ2v) is 19.2. The molecule has 0 bridgehead atoms. The molecule has 4 N–H and O–H groups in total. The summed E-state index contributed by atoms with van der Waals surface area (Å²) in [6.07, 6.45) is 4.03. The third kappa shape index (κ3) is 14.7. The molecule has 10 rings (SSSR count). The molecule has 6 aromatic rings. The van der Waals surface area contributed by atoms with Gasteiger partial charge in [0.05, 0.1) is 20.3 Å². The van der Waals surface area contributed by atoms with E-state index in [0.29, 0.717) is 19.3 Å². The molecule has 4 heterocycles. The number of nitrogens with zero attached hydrogens (tertiary/aromatic N) is 2. The van der Waals surface area contributed by atoms with E-state index in [1.54, 1.807) is 84.2 Å². The van der Waals surface area contributed by atoms with Crippen molar-refractivity contribution in [2.75, 3.05) is 59.2 Å². The Morgan fingerprint density at radius 3 is 1.58 bits per heavy atom. The first-order valence-electron chi connectivity index (χ1n) is 22.8. The highest BCUT2D eigenvalue weighted by Gasteiger charge is 2.27. The summed E-state index contributed by atoms with van der Waals surface area (Å²) in [6, 6.07) is 45.3. The average Bonchev–Trinajstić information content (AvgIpc) is 3.98. The zero-order valence-corrected chi connectivity index (χ0v) is 39.4. The number of thioether (sulfide) groups is 2. The lowest BCUT2D eigenvalue weighted by Crippen LogP contribution is -2.33. The highest BCUT2D eigenvalue weighted by molar-refractivity contribution is 8.00. The van der Waals surface area contributed by atoms with E-state index in [4.69, 9.17) is 18.9 Å². The number of aromatic hydroxyl groups is 4. The maximum Gasteiger partial charge on any atom is 0.133 e. The smallest absolute Gasteiger partial charge is 0.133 e. The van der Waals surface area contributed by atoms with Gasteiger partial charge in [-0.3, -0.25) is 9.80 Å². The summed E-state index contributed by atoms with van der Waals surface area (Å²) in [7, 11) is 0. The van der Waals surface area contributed by atoms with Gasteiger partial charge in [-0.25, -0.2) is 0 Å². The quantitative estimate of drug-likeness (QED) is 0.105. The van der Waals surface area contributed by atoms with Gasteiger partial charge in [0.1, 0.15) is 72.4 Å². The topological polar surface area (TPSA) is 124 Å². The van der Waals surface area contributed by atoms with Crippen molar-refractivity contribution in [3.8, 4) is 46.0 Å². The highest BCUT2D eigenvalue weighted by atomic mass is 32.2. The van der Waals surface area contributed by atoms with Crippen LogP contribution in [0.1, 0.15) is 54.7 Å². The van der Waals surface area contributed by atoms with Crippen molar-refractivity contribution in [3.63, 3.8) is 0 Å². The summed E-state index contributed by atoms with van der Waals surface area (Å²) >= 11 is 3.30. The largest absolute Gasteiger partial charge is 0.508 e. The molecule has 348 valence electrons. The monoisotopic (exact) mass is 930 g/mol. The van der Waals surface area contributed by atoms with Gasteiger partial charge in [0.15, 0.2) is 0 Å². The Labute approximate surface area is 398 Å². The van der Waals surface area contributed by atoms with Crippen LogP contribution < -0.4 is 18.9 Å². The third-order valence-electron chi connectivity index (χ3n) is 12.0. The van der Waals surface area contributed by atoms with Gasteiger partial charge >= 0.3 is 0 Å². The summed E-state index contributed by atoms with van der Waals surface area (Å²) in [5.74, 6) is 5.40. The van der Waals surface area contributed by atoms with Crippen molar-refractivity contribution in [1.29, 1.82) is 0 Å². The molecule has 0 unspecified atom stereocenters. The molecule has 12 heteroatoms. The van der Waals surface area contributed by atoms with Crippen molar-refractivity contribution < 1.29 is 39.4 Å². The number of phenols is 4. The molecule has 4 atom stereocenters. The lowest BCUT2D eigenvalue weighted by atomic mass is 10.1. The summed E-state index contributed by atoms with van der Waals surface area (Å²) in [4.78, 5) is 6.85. The standard InChI is InChI=1S/C14H21NO.2C14H12O3S.C12H17NO/c1-12-8-9-15(13(12)2)10-11-16-14-6-4-3-5-7-14;15-10-3-1-9(2-4-10)14-8-17-12-6-5-11(16)7-13(12)18-14;15-10-3-1-2-9(6-10)14-8-17-12-5-4-11(16)7-13(12)18-14;1-2-6-12(7-3-1)14-11-10-13-8-4-5-9-13/h3-7,12-13H,8-11H2,1-2H3;2*1-7,14-16H,8H2;1-3,6-7H,4-5,8-11H2/t12-,13+;2*14-;/m000./s1. The molecule has 0 spiro atoms. The summed E-state index contributed by atoms with van der Waals surface area (Å²) < 4.78 is 22.7. The zero-order valence-electron chi connectivity index (χ0n) is 37.8. The van der Waals surface area contributed by atoms with Crippen LogP contribution in [-0.2, 0) is 0 Å². The maximum atomic E-state index is 9.49. The predicted molar refractivity (Wildman–Crippen MR) is 265 cm³/mol. The molecule has 0 aliphatic carbocycles. The predicted octanol–water partition coefficient (Wildman–Crippen LogP) is 11.6. The molecule has 66 heavy (non-hydrogen) atoms. The minimum atomic E-state index is 0.131. The number of hydrogen-bond acceptors (Lipinski definition) is 12. The van der Waals surface area contributed by atoms with Crippen LogP contribution in [-0.4, -0.2) is 95.4 Å². The van der Waals surface area contributed by atoms with Gasteiger partial charge in [-0.2, -0.15) is 0 Å². The molecule has 0 saturated carbocycles. The lowest BCUT2D eigenvalue weighted by Gasteiger charge is -2.25. The maximum absolute atomic E-state index is 9.49. The fraction of sp³-hybridized carbons (Fsp3) is 0.333. The van der Waals surface area contributed by atoms with Crippen LogP contribution in [0, 0.1) is 5.92 Å². The molecule has 2 fully saturated rings. The Kier molecular flexibility index (Phi) is 18.1. The van der Waals surface area contributed by atoms with Crippen LogP contribution in [0.5, 0.6) is 46.0 Å². The number of hydrogen-bond donors (Lipinski definition) is 4. The van der Waals surface area contributed by atoms with E-state index in [9.17, 15) is 20.4 Å². The minimum absolute atomic E-state index is 0.131. The van der Waals surface area contributed by atoms with Gasteiger partial charge < -0.3 is 39.4 Å². The Morgan fingerprint density at radius 2 is 1.05 bits per heavy atom. The number of fused-ring (bicyclic) bond motifs is 2. The fourth-order valence-electron chi connectivity index (χ4n) is 7.97. The SMILES string of the molecule is C[C@@H]1[C@@H](C)CCN1CCOc1ccccc1.Oc1ccc([C@@H]2COc3ccc(O)cc3S2)cc1.Oc1cccc([C@@H]2COc3ccc(O)cc3S2)c1.c1ccc(OCCN2CCCC2)cc1. The van der Waals surface area contributed by atoms with Gasteiger partial charge in [-0.05, 0) is 148 Å². The van der Waals surface area contributed by atoms with E-state index in [1.165, 1.54) is 38.9 Å². The molecule has 0 aromatic heterocycles. The number of para-hydroxylation sites is 2. The summed E-state index contributed by atoms with van der Waals surface area (Å²) in [5.41, 5.74) is 2.13. The van der Waals surface area contributed by atoms with Crippen LogP contribution in [0.4, 0.5) is 0 Å². The molecule has 0 amide bonds. The highest BCUT2D eigenvalue weighted by Crippen LogP contribution is 2.47.